The number of nitrogens with one attached hydrogen (secondary N) is 1. The Labute approximate surface area is 143 Å². The number of aliphatic hydroxyl groups excluding tert-OH is 1. The second kappa shape index (κ2) is 9.96. The number of hydrogen-bond donors (Lipinski definition) is 2. The first-order valence-electron chi connectivity index (χ1n) is 8.41. The molecule has 1 amide bonds. The van der Waals surface area contributed by atoms with E-state index in [2.05, 4.69) is 29.3 Å². The molecule has 23 heavy (non-hydrogen) atoms. The molecule has 0 radical (unpaired) electrons. The number of nitrogens with zero attached hydrogens (tertiary/aromatic N) is 1. The van der Waals surface area contributed by atoms with E-state index < -0.39 is 0 Å². The number of benzene rings is 1. The predicted octanol–water partition coefficient (Wildman–Crippen LogP) is 2.05. The van der Waals surface area contributed by atoms with Crippen molar-refractivity contribution in [3.05, 3.63) is 35.4 Å². The minimum absolute atomic E-state index is 0.110. The Hall–Kier alpha value is -1.04. The van der Waals surface area contributed by atoms with Gasteiger partial charge in [-0.15, -0.1) is 11.8 Å². The highest BCUT2D eigenvalue weighted by atomic mass is 32.2. The molecule has 5 heteroatoms. The van der Waals surface area contributed by atoms with E-state index in [0.717, 1.165) is 38.2 Å². The van der Waals surface area contributed by atoms with Crippen LogP contribution in [0.1, 0.15) is 24.0 Å². The van der Waals surface area contributed by atoms with Crippen LogP contribution in [0.5, 0.6) is 0 Å². The van der Waals surface area contributed by atoms with Crippen LogP contribution in [0.15, 0.2) is 24.3 Å². The van der Waals surface area contributed by atoms with E-state index in [-0.39, 0.29) is 12.5 Å². The summed E-state index contributed by atoms with van der Waals surface area (Å²) in [6.07, 6.45) is 2.26. The lowest BCUT2D eigenvalue weighted by atomic mass is 9.99. The Bertz CT molecular complexity index is 496. The molecule has 1 heterocycles. The maximum Gasteiger partial charge on any atom is 0.230 e. The SMILES string of the molecule is Cc1ccccc1CSCC(=O)NCCN1CCCC(CO)C1. The van der Waals surface area contributed by atoms with Crippen molar-refractivity contribution in [3.8, 4) is 0 Å². The molecule has 1 aromatic rings. The first-order chi connectivity index (χ1) is 11.2. The summed E-state index contributed by atoms with van der Waals surface area (Å²) in [7, 11) is 0. The minimum Gasteiger partial charge on any atom is -0.396 e. The van der Waals surface area contributed by atoms with Crippen molar-refractivity contribution >= 4 is 17.7 Å². The summed E-state index contributed by atoms with van der Waals surface area (Å²) in [5.74, 6) is 1.90. The van der Waals surface area contributed by atoms with Crippen LogP contribution in [-0.2, 0) is 10.5 Å². The van der Waals surface area contributed by atoms with Crippen LogP contribution >= 0.6 is 11.8 Å². The predicted molar refractivity (Wildman–Crippen MR) is 96.6 cm³/mol. The van der Waals surface area contributed by atoms with E-state index in [9.17, 15) is 9.90 Å². The van der Waals surface area contributed by atoms with Crippen molar-refractivity contribution < 1.29 is 9.90 Å². The van der Waals surface area contributed by atoms with Crippen LogP contribution in [0.2, 0.25) is 0 Å². The maximum atomic E-state index is 11.9. The Morgan fingerprint density at radius 3 is 3.04 bits per heavy atom. The van der Waals surface area contributed by atoms with Gasteiger partial charge in [0.25, 0.3) is 0 Å². The zero-order valence-corrected chi connectivity index (χ0v) is 14.8. The molecule has 2 N–H and O–H groups in total. The van der Waals surface area contributed by atoms with Gasteiger partial charge >= 0.3 is 0 Å². The van der Waals surface area contributed by atoms with Crippen LogP contribution in [0, 0.1) is 12.8 Å². The third-order valence-corrected chi connectivity index (χ3v) is 5.34. The summed E-state index contributed by atoms with van der Waals surface area (Å²) < 4.78 is 0. The third-order valence-electron chi connectivity index (χ3n) is 4.36. The fourth-order valence-electron chi connectivity index (χ4n) is 2.93. The normalized spacial score (nSPS) is 18.8. The highest BCUT2D eigenvalue weighted by Gasteiger charge is 2.18. The van der Waals surface area contributed by atoms with Crippen LogP contribution in [0.4, 0.5) is 0 Å². The van der Waals surface area contributed by atoms with Crippen molar-refractivity contribution in [1.82, 2.24) is 10.2 Å². The molecule has 0 saturated carbocycles. The number of carbonyl (C=O) groups excluding carboxylic acids is 1. The molecule has 1 unspecified atom stereocenters. The summed E-state index contributed by atoms with van der Waals surface area (Å²) in [6.45, 7) is 5.99. The Morgan fingerprint density at radius 2 is 2.26 bits per heavy atom. The number of amides is 1. The Morgan fingerprint density at radius 1 is 1.43 bits per heavy atom. The van der Waals surface area contributed by atoms with Gasteiger partial charge in [-0.1, -0.05) is 24.3 Å². The summed E-state index contributed by atoms with van der Waals surface area (Å²) in [5, 5.41) is 12.2. The van der Waals surface area contributed by atoms with E-state index in [4.69, 9.17) is 0 Å². The van der Waals surface area contributed by atoms with E-state index in [1.165, 1.54) is 11.1 Å². The standard InChI is InChI=1S/C18H28N2O2S/c1-15-5-2-3-7-17(15)13-23-14-18(22)19-8-10-20-9-4-6-16(11-20)12-21/h2-3,5,7,16,21H,4,6,8-14H2,1H3,(H,19,22). The van der Waals surface area contributed by atoms with Crippen molar-refractivity contribution in [2.24, 2.45) is 5.92 Å². The molecule has 128 valence electrons. The molecule has 0 bridgehead atoms. The fraction of sp³-hybridized carbons (Fsp3) is 0.611. The van der Waals surface area contributed by atoms with E-state index in [1.807, 2.05) is 12.1 Å². The lowest BCUT2D eigenvalue weighted by Crippen LogP contribution is -2.41. The number of hydrogen-bond acceptors (Lipinski definition) is 4. The lowest BCUT2D eigenvalue weighted by Gasteiger charge is -2.31. The molecule has 1 aromatic carbocycles. The summed E-state index contributed by atoms with van der Waals surface area (Å²) in [6, 6.07) is 8.31. The first kappa shape index (κ1) is 18.3. The smallest absolute Gasteiger partial charge is 0.230 e. The van der Waals surface area contributed by atoms with Gasteiger partial charge < -0.3 is 15.3 Å². The topological polar surface area (TPSA) is 52.6 Å². The highest BCUT2D eigenvalue weighted by Crippen LogP contribution is 2.16. The van der Waals surface area contributed by atoms with Gasteiger partial charge in [-0.25, -0.2) is 0 Å². The number of aryl methyl sites for hydroxylation is 1. The molecule has 0 aromatic heterocycles. The zero-order chi connectivity index (χ0) is 16.5. The van der Waals surface area contributed by atoms with Crippen molar-refractivity contribution in [1.29, 1.82) is 0 Å². The Balaban J connectivity index is 1.57. The monoisotopic (exact) mass is 336 g/mol. The van der Waals surface area contributed by atoms with E-state index in [0.29, 0.717) is 18.2 Å². The van der Waals surface area contributed by atoms with Gasteiger partial charge in [-0.3, -0.25) is 4.79 Å². The third kappa shape index (κ3) is 6.53. The molecular weight excluding hydrogens is 308 g/mol. The summed E-state index contributed by atoms with van der Waals surface area (Å²) >= 11 is 1.66. The van der Waals surface area contributed by atoms with Crippen LogP contribution < -0.4 is 5.32 Å². The highest BCUT2D eigenvalue weighted by molar-refractivity contribution is 7.99. The van der Waals surface area contributed by atoms with Gasteiger partial charge in [-0.05, 0) is 43.4 Å². The lowest BCUT2D eigenvalue weighted by molar-refractivity contribution is -0.118. The molecule has 1 aliphatic heterocycles. The second-order valence-corrected chi connectivity index (χ2v) is 7.25. The van der Waals surface area contributed by atoms with Crippen molar-refractivity contribution in [3.63, 3.8) is 0 Å². The molecule has 1 saturated heterocycles. The minimum atomic E-state index is 0.110. The molecule has 4 nitrogen and oxygen atoms in total. The Kier molecular flexibility index (Phi) is 7.92. The van der Waals surface area contributed by atoms with Crippen LogP contribution in [0.25, 0.3) is 0 Å². The summed E-state index contributed by atoms with van der Waals surface area (Å²) in [5.41, 5.74) is 2.58. The fourth-order valence-corrected chi connectivity index (χ4v) is 3.87. The van der Waals surface area contributed by atoms with E-state index >= 15 is 0 Å². The second-order valence-electron chi connectivity index (χ2n) is 6.26. The van der Waals surface area contributed by atoms with Gasteiger partial charge in [0.15, 0.2) is 0 Å². The van der Waals surface area contributed by atoms with Crippen molar-refractivity contribution in [2.45, 2.75) is 25.5 Å². The summed E-state index contributed by atoms with van der Waals surface area (Å²) in [4.78, 5) is 14.2. The van der Waals surface area contributed by atoms with Gasteiger partial charge in [0.05, 0.1) is 5.75 Å². The molecule has 0 spiro atoms. The number of carbonyl (C=O) groups is 1. The number of likely N-dealkylation sites (tertiary alicyclic amines) is 1. The van der Waals surface area contributed by atoms with Gasteiger partial charge in [0.2, 0.25) is 5.91 Å². The average Bonchev–Trinajstić information content (AvgIpc) is 2.57. The maximum absolute atomic E-state index is 11.9. The van der Waals surface area contributed by atoms with Gasteiger partial charge in [0.1, 0.15) is 0 Å². The first-order valence-corrected chi connectivity index (χ1v) is 9.56. The quantitative estimate of drug-likeness (QED) is 0.763. The zero-order valence-electron chi connectivity index (χ0n) is 14.0. The number of aliphatic hydroxyl groups is 1. The van der Waals surface area contributed by atoms with Crippen LogP contribution in [0.3, 0.4) is 0 Å². The molecule has 0 aliphatic carbocycles. The molecule has 1 fully saturated rings. The molecule has 1 aliphatic rings. The number of rotatable bonds is 8. The molecule has 2 rings (SSSR count). The van der Waals surface area contributed by atoms with Gasteiger partial charge in [0, 0.05) is 32.0 Å². The van der Waals surface area contributed by atoms with E-state index in [1.54, 1.807) is 11.8 Å². The molecule has 1 atom stereocenters. The average molecular weight is 337 g/mol. The van der Waals surface area contributed by atoms with Crippen LogP contribution in [-0.4, -0.2) is 54.5 Å². The number of piperidine rings is 1. The number of thioether (sulfide) groups is 1. The largest absolute Gasteiger partial charge is 0.396 e. The molecular formula is C18H28N2O2S. The van der Waals surface area contributed by atoms with Crippen molar-refractivity contribution in [2.75, 3.05) is 38.5 Å². The van der Waals surface area contributed by atoms with Gasteiger partial charge in [-0.2, -0.15) is 0 Å².